The first-order chi connectivity index (χ1) is 4.75. The van der Waals surface area contributed by atoms with Crippen molar-refractivity contribution in [1.29, 1.82) is 0 Å². The topological polar surface area (TPSA) is 94.8 Å². The summed E-state index contributed by atoms with van der Waals surface area (Å²) in [5.74, 6) is 1.42. The summed E-state index contributed by atoms with van der Waals surface area (Å²) in [6.45, 7) is 0. The van der Waals surface area contributed by atoms with Crippen molar-refractivity contribution in [3.05, 3.63) is 11.5 Å². The van der Waals surface area contributed by atoms with Crippen molar-refractivity contribution in [2.24, 2.45) is 5.73 Å². The van der Waals surface area contributed by atoms with Crippen molar-refractivity contribution in [3.63, 3.8) is 0 Å². The number of aromatic nitrogens is 2. The van der Waals surface area contributed by atoms with Gasteiger partial charge in [0, 0.05) is 6.08 Å². The Morgan fingerprint density at radius 2 is 2.20 bits per heavy atom. The first-order valence-electron chi connectivity index (χ1n) is 2.80. The third-order valence-corrected chi connectivity index (χ3v) is 1.26. The zero-order chi connectivity index (χ0) is 7.14. The first-order valence-corrected chi connectivity index (χ1v) is 2.80. The van der Waals surface area contributed by atoms with E-state index in [9.17, 15) is 0 Å². The number of nitrogen functional groups attached to an aromatic ring is 1. The molecular formula is C5H6N5. The predicted molar refractivity (Wildman–Crippen MR) is 37.0 cm³/mol. The van der Waals surface area contributed by atoms with Gasteiger partial charge in [-0.15, -0.1) is 0 Å². The molecule has 0 saturated carbocycles. The van der Waals surface area contributed by atoms with Crippen LogP contribution in [0.5, 0.6) is 0 Å². The molecule has 0 saturated heterocycles. The average Bonchev–Trinajstić information content (AvgIpc) is 2.21. The fourth-order valence-electron chi connectivity index (χ4n) is 0.884. The molecule has 0 amide bonds. The highest BCUT2D eigenvalue weighted by Gasteiger charge is 2.14. The minimum atomic E-state index is 0.373. The van der Waals surface area contributed by atoms with Crippen LogP contribution in [0.2, 0.25) is 0 Å². The van der Waals surface area contributed by atoms with Crippen LogP contribution in [0.25, 0.3) is 6.08 Å². The summed E-state index contributed by atoms with van der Waals surface area (Å²) in [4.78, 5) is 6.67. The van der Waals surface area contributed by atoms with Crippen molar-refractivity contribution in [1.82, 2.24) is 15.3 Å². The molecule has 0 atom stereocenters. The van der Waals surface area contributed by atoms with Gasteiger partial charge < -0.3 is 16.5 Å². The SMILES string of the molecule is NC1=Cc2[nH]c(N)nc2[N]1. The Labute approximate surface area is 57.1 Å². The van der Waals surface area contributed by atoms with Gasteiger partial charge in [0.25, 0.3) is 0 Å². The average molecular weight is 136 g/mol. The van der Waals surface area contributed by atoms with Gasteiger partial charge >= 0.3 is 0 Å². The Bertz CT molecular complexity index is 297. The zero-order valence-corrected chi connectivity index (χ0v) is 5.13. The van der Waals surface area contributed by atoms with Crippen LogP contribution in [-0.4, -0.2) is 9.97 Å². The third-order valence-electron chi connectivity index (χ3n) is 1.26. The minimum absolute atomic E-state index is 0.373. The van der Waals surface area contributed by atoms with E-state index in [0.29, 0.717) is 17.6 Å². The molecule has 0 bridgehead atoms. The highest BCUT2D eigenvalue weighted by Crippen LogP contribution is 2.22. The van der Waals surface area contributed by atoms with Crippen LogP contribution in [0, 0.1) is 0 Å². The lowest BCUT2D eigenvalue weighted by molar-refractivity contribution is 1.02. The summed E-state index contributed by atoms with van der Waals surface area (Å²) >= 11 is 0. The number of aromatic amines is 1. The molecule has 0 aromatic carbocycles. The Morgan fingerprint density at radius 1 is 1.40 bits per heavy atom. The maximum absolute atomic E-state index is 5.37. The quantitative estimate of drug-likeness (QED) is 0.448. The maximum Gasteiger partial charge on any atom is 0.200 e. The molecule has 0 aliphatic carbocycles. The molecule has 2 rings (SSSR count). The molecule has 5 heteroatoms. The summed E-state index contributed by atoms with van der Waals surface area (Å²) in [5.41, 5.74) is 11.5. The largest absolute Gasteiger partial charge is 0.384 e. The van der Waals surface area contributed by atoms with Crippen LogP contribution in [0.3, 0.4) is 0 Å². The van der Waals surface area contributed by atoms with Crippen LogP contribution in [0.15, 0.2) is 5.82 Å². The second kappa shape index (κ2) is 1.44. The molecule has 0 fully saturated rings. The summed E-state index contributed by atoms with van der Waals surface area (Å²) in [6.07, 6.45) is 1.69. The molecule has 1 aliphatic rings. The summed E-state index contributed by atoms with van der Waals surface area (Å²) in [7, 11) is 0. The molecule has 1 aromatic rings. The zero-order valence-electron chi connectivity index (χ0n) is 5.13. The van der Waals surface area contributed by atoms with Crippen molar-refractivity contribution >= 4 is 17.8 Å². The van der Waals surface area contributed by atoms with E-state index in [-0.39, 0.29) is 0 Å². The normalized spacial score (nSPS) is 14.2. The minimum Gasteiger partial charge on any atom is -0.384 e. The molecule has 51 valence electrons. The monoisotopic (exact) mass is 136 g/mol. The number of H-pyrrole nitrogens is 1. The highest BCUT2D eigenvalue weighted by atomic mass is 15.2. The van der Waals surface area contributed by atoms with Gasteiger partial charge in [-0.25, -0.2) is 5.32 Å². The van der Waals surface area contributed by atoms with E-state index in [4.69, 9.17) is 11.5 Å². The van der Waals surface area contributed by atoms with Gasteiger partial charge in [-0.05, 0) is 0 Å². The number of fused-ring (bicyclic) bond motifs is 1. The van der Waals surface area contributed by atoms with Crippen molar-refractivity contribution in [2.75, 3.05) is 5.73 Å². The summed E-state index contributed by atoms with van der Waals surface area (Å²) in [5, 5.41) is 3.89. The van der Waals surface area contributed by atoms with Crippen LogP contribution in [-0.2, 0) is 0 Å². The summed E-state index contributed by atoms with van der Waals surface area (Å²) < 4.78 is 0. The molecular weight excluding hydrogens is 130 g/mol. The third kappa shape index (κ3) is 0.540. The van der Waals surface area contributed by atoms with Gasteiger partial charge in [0.05, 0.1) is 5.69 Å². The van der Waals surface area contributed by atoms with Gasteiger partial charge in [0.2, 0.25) is 0 Å². The molecule has 0 unspecified atom stereocenters. The number of nitrogens with zero attached hydrogens (tertiary/aromatic N) is 2. The van der Waals surface area contributed by atoms with Crippen LogP contribution in [0.1, 0.15) is 5.69 Å². The lowest BCUT2D eigenvalue weighted by Gasteiger charge is -1.87. The summed E-state index contributed by atoms with van der Waals surface area (Å²) in [6, 6.07) is 0. The number of nitrogens with two attached hydrogens (primary N) is 2. The molecule has 1 radical (unpaired) electrons. The lowest BCUT2D eigenvalue weighted by atomic mass is 10.5. The first kappa shape index (κ1) is 5.16. The van der Waals surface area contributed by atoms with E-state index in [0.717, 1.165) is 5.69 Å². The van der Waals surface area contributed by atoms with Crippen LogP contribution in [0.4, 0.5) is 11.8 Å². The fraction of sp³-hybridized carbons (Fsp3) is 0. The number of anilines is 1. The number of nitrogens with one attached hydrogen (secondary N) is 1. The molecule has 0 spiro atoms. The van der Waals surface area contributed by atoms with Crippen molar-refractivity contribution < 1.29 is 0 Å². The lowest BCUT2D eigenvalue weighted by Crippen LogP contribution is -2.03. The van der Waals surface area contributed by atoms with Gasteiger partial charge in [-0.1, -0.05) is 0 Å². The van der Waals surface area contributed by atoms with Gasteiger partial charge in [0.15, 0.2) is 11.8 Å². The van der Waals surface area contributed by atoms with Crippen molar-refractivity contribution in [2.45, 2.75) is 0 Å². The maximum atomic E-state index is 5.37. The predicted octanol–water partition coefficient (Wildman–Crippen LogP) is -0.502. The van der Waals surface area contributed by atoms with E-state index < -0.39 is 0 Å². The fourth-order valence-corrected chi connectivity index (χ4v) is 0.884. The van der Waals surface area contributed by atoms with Crippen LogP contribution >= 0.6 is 0 Å². The van der Waals surface area contributed by atoms with E-state index in [1.807, 2.05) is 0 Å². The molecule has 1 aromatic heterocycles. The van der Waals surface area contributed by atoms with Crippen molar-refractivity contribution in [3.8, 4) is 0 Å². The molecule has 5 N–H and O–H groups in total. The standard InChI is InChI=1S/C5H6N5/c6-3-1-2-4(9-3)10-5(7)8-2/h1H,6H2,(H3,7,8,10). The van der Waals surface area contributed by atoms with E-state index in [1.165, 1.54) is 0 Å². The van der Waals surface area contributed by atoms with Gasteiger partial charge in [-0.3, -0.25) is 0 Å². The molecule has 2 heterocycles. The smallest absolute Gasteiger partial charge is 0.200 e. The molecule has 1 aliphatic heterocycles. The molecule has 5 nitrogen and oxygen atoms in total. The molecule has 10 heavy (non-hydrogen) atoms. The van der Waals surface area contributed by atoms with Crippen LogP contribution < -0.4 is 16.8 Å². The number of rotatable bonds is 0. The Hall–Kier alpha value is -1.65. The van der Waals surface area contributed by atoms with Gasteiger partial charge in [0.1, 0.15) is 5.82 Å². The highest BCUT2D eigenvalue weighted by molar-refractivity contribution is 5.67. The van der Waals surface area contributed by atoms with E-state index >= 15 is 0 Å². The van der Waals surface area contributed by atoms with E-state index in [1.54, 1.807) is 6.08 Å². The second-order valence-corrected chi connectivity index (χ2v) is 2.04. The Morgan fingerprint density at radius 3 is 2.90 bits per heavy atom. The number of hydrogen-bond donors (Lipinski definition) is 3. The second-order valence-electron chi connectivity index (χ2n) is 2.04. The van der Waals surface area contributed by atoms with Gasteiger partial charge in [-0.2, -0.15) is 4.98 Å². The number of imidazole rings is 1. The van der Waals surface area contributed by atoms with E-state index in [2.05, 4.69) is 15.3 Å². The Kier molecular flexibility index (Phi) is 0.743. The number of hydrogen-bond acceptors (Lipinski definition) is 3. The Balaban J connectivity index is 2.53.